The van der Waals surface area contributed by atoms with Crippen molar-refractivity contribution in [3.63, 3.8) is 0 Å². The minimum absolute atomic E-state index is 0.0668. The molecule has 0 aliphatic heterocycles. The molecular formula is C14H10ClN3O. The van der Waals surface area contributed by atoms with E-state index in [1.807, 2.05) is 24.3 Å². The Hall–Kier alpha value is -2.20. The third-order valence-corrected chi connectivity index (χ3v) is 2.99. The Kier molecular flexibility index (Phi) is 3.01. The smallest absolute Gasteiger partial charge is 0.186 e. The quantitative estimate of drug-likeness (QED) is 0.688. The number of ketones is 1. The molecule has 0 amide bonds. The molecule has 2 aromatic carbocycles. The lowest BCUT2D eigenvalue weighted by Crippen LogP contribution is -2.12. The minimum atomic E-state index is -0.0668. The molecule has 0 spiro atoms. The topological polar surface area (TPSA) is 47.8 Å². The maximum absolute atomic E-state index is 12.1. The lowest BCUT2D eigenvalue weighted by atomic mass is 10.1. The monoisotopic (exact) mass is 271 g/mol. The van der Waals surface area contributed by atoms with E-state index in [4.69, 9.17) is 11.6 Å². The number of rotatable bonds is 3. The van der Waals surface area contributed by atoms with Crippen molar-refractivity contribution >= 4 is 28.4 Å². The van der Waals surface area contributed by atoms with Crippen LogP contribution >= 0.6 is 11.6 Å². The van der Waals surface area contributed by atoms with Crippen LogP contribution in [0.3, 0.4) is 0 Å². The van der Waals surface area contributed by atoms with Crippen LogP contribution in [-0.2, 0) is 6.54 Å². The van der Waals surface area contributed by atoms with Crippen molar-refractivity contribution in [3.05, 3.63) is 59.1 Å². The summed E-state index contributed by atoms with van der Waals surface area (Å²) in [6.07, 6.45) is 0. The third-order valence-electron chi connectivity index (χ3n) is 2.76. The molecule has 3 rings (SSSR count). The van der Waals surface area contributed by atoms with Crippen LogP contribution in [0.15, 0.2) is 48.5 Å². The van der Waals surface area contributed by atoms with Gasteiger partial charge in [-0.05, 0) is 24.3 Å². The van der Waals surface area contributed by atoms with Crippen molar-refractivity contribution < 1.29 is 4.79 Å². The Balaban J connectivity index is 1.86. The molecule has 3 aromatic rings. The number of fused-ring (bicyclic) bond motifs is 1. The summed E-state index contributed by atoms with van der Waals surface area (Å²) in [4.78, 5) is 13.5. The van der Waals surface area contributed by atoms with Gasteiger partial charge in [-0.1, -0.05) is 35.9 Å². The van der Waals surface area contributed by atoms with Crippen LogP contribution in [0.2, 0.25) is 5.02 Å². The molecule has 0 aliphatic carbocycles. The normalized spacial score (nSPS) is 10.8. The Morgan fingerprint density at radius 3 is 2.37 bits per heavy atom. The summed E-state index contributed by atoms with van der Waals surface area (Å²) in [5.41, 5.74) is 2.12. The maximum atomic E-state index is 12.1. The molecule has 1 aromatic heterocycles. The number of Topliss-reactive ketones (excluding diaryl/α,β-unsaturated/α-hetero) is 1. The molecule has 19 heavy (non-hydrogen) atoms. The summed E-state index contributed by atoms with van der Waals surface area (Å²) < 4.78 is 0. The number of benzene rings is 2. The highest BCUT2D eigenvalue weighted by atomic mass is 35.5. The van der Waals surface area contributed by atoms with Crippen molar-refractivity contribution in [2.24, 2.45) is 0 Å². The average molecular weight is 272 g/mol. The van der Waals surface area contributed by atoms with Gasteiger partial charge in [0.2, 0.25) is 0 Å². The third kappa shape index (κ3) is 2.48. The van der Waals surface area contributed by atoms with Crippen LogP contribution < -0.4 is 0 Å². The van der Waals surface area contributed by atoms with Gasteiger partial charge in [0.15, 0.2) is 5.78 Å². The van der Waals surface area contributed by atoms with E-state index >= 15 is 0 Å². The predicted molar refractivity (Wildman–Crippen MR) is 73.3 cm³/mol. The molecule has 0 unspecified atom stereocenters. The first-order chi connectivity index (χ1) is 9.22. The van der Waals surface area contributed by atoms with Crippen LogP contribution in [0.25, 0.3) is 11.0 Å². The van der Waals surface area contributed by atoms with Gasteiger partial charge >= 0.3 is 0 Å². The van der Waals surface area contributed by atoms with Crippen LogP contribution in [0.1, 0.15) is 10.4 Å². The average Bonchev–Trinajstić information content (AvgIpc) is 2.80. The van der Waals surface area contributed by atoms with E-state index in [9.17, 15) is 4.79 Å². The fraction of sp³-hybridized carbons (Fsp3) is 0.0714. The molecule has 0 bridgehead atoms. The van der Waals surface area contributed by atoms with E-state index in [1.54, 1.807) is 24.3 Å². The van der Waals surface area contributed by atoms with Crippen LogP contribution in [0.4, 0.5) is 0 Å². The summed E-state index contributed by atoms with van der Waals surface area (Å²) in [6.45, 7) is 0.106. The minimum Gasteiger partial charge on any atom is -0.292 e. The highest BCUT2D eigenvalue weighted by molar-refractivity contribution is 6.31. The number of halogens is 1. The standard InChI is InChI=1S/C14H10ClN3O/c15-11-5-3-4-10(8-11)14(19)9-18-16-12-6-1-2-7-13(12)17-18/h1-8H,9H2. The fourth-order valence-electron chi connectivity index (χ4n) is 1.86. The zero-order valence-electron chi connectivity index (χ0n) is 9.95. The van der Waals surface area contributed by atoms with Gasteiger partial charge in [0.1, 0.15) is 17.6 Å². The fourth-order valence-corrected chi connectivity index (χ4v) is 2.05. The molecule has 5 heteroatoms. The largest absolute Gasteiger partial charge is 0.292 e. The SMILES string of the molecule is O=C(Cn1nc2ccccc2n1)c1cccc(Cl)c1. The zero-order chi connectivity index (χ0) is 13.2. The second-order valence-corrected chi connectivity index (χ2v) is 4.59. The summed E-state index contributed by atoms with van der Waals surface area (Å²) >= 11 is 5.87. The number of hydrogen-bond donors (Lipinski definition) is 0. The van der Waals surface area contributed by atoms with Crippen molar-refractivity contribution in [3.8, 4) is 0 Å². The van der Waals surface area contributed by atoms with Crippen LogP contribution in [0, 0.1) is 0 Å². The van der Waals surface area contributed by atoms with Gasteiger partial charge in [-0.15, -0.1) is 0 Å². The number of hydrogen-bond acceptors (Lipinski definition) is 3. The Labute approximate surface area is 114 Å². The highest BCUT2D eigenvalue weighted by Gasteiger charge is 2.09. The Morgan fingerprint density at radius 2 is 1.74 bits per heavy atom. The Bertz CT molecular complexity index is 718. The summed E-state index contributed by atoms with van der Waals surface area (Å²) in [5.74, 6) is -0.0668. The van der Waals surface area contributed by atoms with Crippen molar-refractivity contribution in [2.45, 2.75) is 6.54 Å². The van der Waals surface area contributed by atoms with E-state index in [0.717, 1.165) is 11.0 Å². The van der Waals surface area contributed by atoms with Gasteiger partial charge in [-0.3, -0.25) is 4.79 Å². The lowest BCUT2D eigenvalue weighted by molar-refractivity contribution is 0.0962. The predicted octanol–water partition coefficient (Wildman–Crippen LogP) is 2.97. The van der Waals surface area contributed by atoms with Gasteiger partial charge < -0.3 is 0 Å². The van der Waals surface area contributed by atoms with E-state index in [1.165, 1.54) is 4.80 Å². The van der Waals surface area contributed by atoms with Crippen molar-refractivity contribution in [1.82, 2.24) is 15.0 Å². The van der Waals surface area contributed by atoms with E-state index in [-0.39, 0.29) is 12.3 Å². The molecule has 0 saturated heterocycles. The number of carbonyl (C=O) groups excluding carboxylic acids is 1. The maximum Gasteiger partial charge on any atom is 0.186 e. The van der Waals surface area contributed by atoms with Crippen molar-refractivity contribution in [2.75, 3.05) is 0 Å². The van der Waals surface area contributed by atoms with E-state index < -0.39 is 0 Å². The first kappa shape index (κ1) is 11.9. The second-order valence-electron chi connectivity index (χ2n) is 4.15. The van der Waals surface area contributed by atoms with Gasteiger partial charge in [-0.25, -0.2) is 0 Å². The first-order valence-electron chi connectivity index (χ1n) is 5.81. The molecule has 0 fully saturated rings. The van der Waals surface area contributed by atoms with Gasteiger partial charge in [-0.2, -0.15) is 15.0 Å². The first-order valence-corrected chi connectivity index (χ1v) is 6.19. The van der Waals surface area contributed by atoms with Crippen molar-refractivity contribution in [1.29, 1.82) is 0 Å². The summed E-state index contributed by atoms with van der Waals surface area (Å²) in [5, 5.41) is 9.05. The molecule has 0 aliphatic rings. The molecule has 94 valence electrons. The van der Waals surface area contributed by atoms with E-state index in [0.29, 0.717) is 10.6 Å². The molecule has 4 nitrogen and oxygen atoms in total. The Morgan fingerprint density at radius 1 is 1.05 bits per heavy atom. The van der Waals surface area contributed by atoms with Gasteiger partial charge in [0.05, 0.1) is 0 Å². The molecule has 0 N–H and O–H groups in total. The second kappa shape index (κ2) is 4.82. The molecule has 0 radical (unpaired) electrons. The summed E-state index contributed by atoms with van der Waals surface area (Å²) in [6, 6.07) is 14.4. The number of aromatic nitrogens is 3. The molecular weight excluding hydrogens is 262 g/mol. The van der Waals surface area contributed by atoms with E-state index in [2.05, 4.69) is 10.2 Å². The zero-order valence-corrected chi connectivity index (χ0v) is 10.7. The summed E-state index contributed by atoms with van der Waals surface area (Å²) in [7, 11) is 0. The highest BCUT2D eigenvalue weighted by Crippen LogP contribution is 2.12. The lowest BCUT2D eigenvalue weighted by Gasteiger charge is -2.00. The van der Waals surface area contributed by atoms with Gasteiger partial charge in [0.25, 0.3) is 0 Å². The van der Waals surface area contributed by atoms with Gasteiger partial charge in [0, 0.05) is 10.6 Å². The van der Waals surface area contributed by atoms with Crippen LogP contribution in [-0.4, -0.2) is 20.8 Å². The molecule has 0 saturated carbocycles. The number of carbonyl (C=O) groups is 1. The van der Waals surface area contributed by atoms with Crippen LogP contribution in [0.5, 0.6) is 0 Å². The number of nitrogens with zero attached hydrogens (tertiary/aromatic N) is 3. The molecule has 0 atom stereocenters. The molecule has 1 heterocycles.